The molecule has 1 heterocycles. The second-order valence-electron chi connectivity index (χ2n) is 6.71. The Hall–Kier alpha value is -1.35. The van der Waals surface area contributed by atoms with Crippen LogP contribution in [0.15, 0.2) is 30.3 Å². The Kier molecular flexibility index (Phi) is 4.59. The third-order valence-corrected chi connectivity index (χ3v) is 5.20. The average molecular weight is 286 g/mol. The number of amides is 1. The predicted molar refractivity (Wildman–Crippen MR) is 85.1 cm³/mol. The first-order valence-corrected chi connectivity index (χ1v) is 8.30. The number of hydrogen-bond donors (Lipinski definition) is 2. The molecule has 2 aliphatic rings. The van der Waals surface area contributed by atoms with Crippen LogP contribution in [0, 0.1) is 11.8 Å². The summed E-state index contributed by atoms with van der Waals surface area (Å²) < 4.78 is 0. The van der Waals surface area contributed by atoms with Crippen LogP contribution < -0.4 is 10.6 Å². The summed E-state index contributed by atoms with van der Waals surface area (Å²) in [6.07, 6.45) is 4.60. The van der Waals surface area contributed by atoms with Gasteiger partial charge in [0.25, 0.3) is 0 Å². The quantitative estimate of drug-likeness (QED) is 0.897. The molecule has 1 saturated heterocycles. The molecule has 0 spiro atoms. The Morgan fingerprint density at radius 3 is 2.43 bits per heavy atom. The minimum atomic E-state index is 0.164. The highest BCUT2D eigenvalue weighted by Crippen LogP contribution is 2.32. The van der Waals surface area contributed by atoms with Crippen LogP contribution in [0.4, 0.5) is 0 Å². The van der Waals surface area contributed by atoms with Crippen molar-refractivity contribution in [3.63, 3.8) is 0 Å². The summed E-state index contributed by atoms with van der Waals surface area (Å²) in [5, 5.41) is 6.59. The van der Waals surface area contributed by atoms with Gasteiger partial charge in [0.2, 0.25) is 5.91 Å². The molecule has 1 aromatic carbocycles. The third kappa shape index (κ3) is 3.46. The fourth-order valence-electron chi connectivity index (χ4n) is 3.77. The van der Waals surface area contributed by atoms with E-state index in [1.165, 1.54) is 18.4 Å². The summed E-state index contributed by atoms with van der Waals surface area (Å²) in [6.45, 7) is 3.97. The SMILES string of the molecule is CC1CNCC1C(=O)NC1CCC(c2ccccc2)CC1. The maximum absolute atomic E-state index is 12.3. The number of carbonyl (C=O) groups is 1. The topological polar surface area (TPSA) is 41.1 Å². The van der Waals surface area contributed by atoms with Gasteiger partial charge in [-0.05, 0) is 49.6 Å². The van der Waals surface area contributed by atoms with Crippen molar-refractivity contribution in [2.24, 2.45) is 11.8 Å². The van der Waals surface area contributed by atoms with Gasteiger partial charge in [0.1, 0.15) is 0 Å². The second kappa shape index (κ2) is 6.61. The van der Waals surface area contributed by atoms with Gasteiger partial charge >= 0.3 is 0 Å². The van der Waals surface area contributed by atoms with Gasteiger partial charge in [-0.15, -0.1) is 0 Å². The zero-order chi connectivity index (χ0) is 14.7. The van der Waals surface area contributed by atoms with Crippen LogP contribution in [-0.4, -0.2) is 25.0 Å². The van der Waals surface area contributed by atoms with Crippen molar-refractivity contribution in [1.29, 1.82) is 0 Å². The van der Waals surface area contributed by atoms with Gasteiger partial charge in [0.15, 0.2) is 0 Å². The Labute approximate surface area is 127 Å². The Morgan fingerprint density at radius 1 is 1.10 bits per heavy atom. The van der Waals surface area contributed by atoms with Gasteiger partial charge in [-0.3, -0.25) is 4.79 Å². The first-order chi connectivity index (χ1) is 10.2. The summed E-state index contributed by atoms with van der Waals surface area (Å²) >= 11 is 0. The summed E-state index contributed by atoms with van der Waals surface area (Å²) in [5.41, 5.74) is 1.45. The lowest BCUT2D eigenvalue weighted by molar-refractivity contribution is -0.126. The third-order valence-electron chi connectivity index (χ3n) is 5.20. The molecule has 0 radical (unpaired) electrons. The highest BCUT2D eigenvalue weighted by Gasteiger charge is 2.31. The van der Waals surface area contributed by atoms with Crippen molar-refractivity contribution in [2.75, 3.05) is 13.1 Å². The molecule has 1 aliphatic heterocycles. The van der Waals surface area contributed by atoms with E-state index in [9.17, 15) is 4.79 Å². The van der Waals surface area contributed by atoms with Crippen LogP contribution in [0.5, 0.6) is 0 Å². The lowest BCUT2D eigenvalue weighted by Gasteiger charge is -2.30. The predicted octanol–water partition coefficient (Wildman–Crippen LogP) is 2.68. The van der Waals surface area contributed by atoms with E-state index in [0.717, 1.165) is 25.9 Å². The van der Waals surface area contributed by atoms with E-state index in [1.54, 1.807) is 0 Å². The minimum Gasteiger partial charge on any atom is -0.353 e. The van der Waals surface area contributed by atoms with Crippen LogP contribution in [-0.2, 0) is 4.79 Å². The molecule has 2 unspecified atom stereocenters. The fraction of sp³-hybridized carbons (Fsp3) is 0.611. The number of nitrogens with one attached hydrogen (secondary N) is 2. The van der Waals surface area contributed by atoms with Gasteiger partial charge in [-0.1, -0.05) is 37.3 Å². The maximum atomic E-state index is 12.3. The highest BCUT2D eigenvalue weighted by molar-refractivity contribution is 5.79. The van der Waals surface area contributed by atoms with Crippen LogP contribution >= 0.6 is 0 Å². The van der Waals surface area contributed by atoms with Crippen molar-refractivity contribution in [3.05, 3.63) is 35.9 Å². The number of carbonyl (C=O) groups excluding carboxylic acids is 1. The lowest BCUT2D eigenvalue weighted by atomic mass is 9.81. The smallest absolute Gasteiger partial charge is 0.224 e. The molecule has 3 nitrogen and oxygen atoms in total. The zero-order valence-corrected chi connectivity index (χ0v) is 12.8. The molecule has 3 rings (SSSR count). The van der Waals surface area contributed by atoms with Crippen molar-refractivity contribution in [3.8, 4) is 0 Å². The fourth-order valence-corrected chi connectivity index (χ4v) is 3.77. The lowest BCUT2D eigenvalue weighted by Crippen LogP contribution is -2.42. The molecule has 114 valence electrons. The van der Waals surface area contributed by atoms with Crippen LogP contribution in [0.1, 0.15) is 44.1 Å². The second-order valence-corrected chi connectivity index (χ2v) is 6.71. The molecule has 21 heavy (non-hydrogen) atoms. The molecule has 3 heteroatoms. The van der Waals surface area contributed by atoms with Gasteiger partial charge in [-0.2, -0.15) is 0 Å². The van der Waals surface area contributed by atoms with Crippen LogP contribution in [0.3, 0.4) is 0 Å². The zero-order valence-electron chi connectivity index (χ0n) is 12.8. The first kappa shape index (κ1) is 14.6. The van der Waals surface area contributed by atoms with Crippen LogP contribution in [0.25, 0.3) is 0 Å². The monoisotopic (exact) mass is 286 g/mol. The van der Waals surface area contributed by atoms with Crippen LogP contribution in [0.2, 0.25) is 0 Å². The largest absolute Gasteiger partial charge is 0.353 e. The van der Waals surface area contributed by atoms with E-state index in [2.05, 4.69) is 47.9 Å². The number of rotatable bonds is 3. The minimum absolute atomic E-state index is 0.164. The van der Waals surface area contributed by atoms with Crippen molar-refractivity contribution < 1.29 is 4.79 Å². The van der Waals surface area contributed by atoms with E-state index < -0.39 is 0 Å². The molecular weight excluding hydrogens is 260 g/mol. The molecule has 1 aliphatic carbocycles. The Morgan fingerprint density at radius 2 is 1.81 bits per heavy atom. The van der Waals surface area contributed by atoms with Crippen molar-refractivity contribution in [1.82, 2.24) is 10.6 Å². The van der Waals surface area contributed by atoms with Crippen molar-refractivity contribution in [2.45, 2.75) is 44.6 Å². The molecule has 2 N–H and O–H groups in total. The Balaban J connectivity index is 1.49. The molecule has 1 saturated carbocycles. The summed E-state index contributed by atoms with van der Waals surface area (Å²) in [4.78, 5) is 12.3. The Bertz CT molecular complexity index is 465. The van der Waals surface area contributed by atoms with Gasteiger partial charge in [0, 0.05) is 12.6 Å². The average Bonchev–Trinajstić information content (AvgIpc) is 2.95. The van der Waals surface area contributed by atoms with E-state index >= 15 is 0 Å². The number of hydrogen-bond acceptors (Lipinski definition) is 2. The van der Waals surface area contributed by atoms with E-state index in [1.807, 2.05) is 0 Å². The van der Waals surface area contributed by atoms with E-state index in [-0.39, 0.29) is 11.8 Å². The molecule has 0 aromatic heterocycles. The summed E-state index contributed by atoms with van der Waals surface area (Å²) in [5.74, 6) is 1.56. The van der Waals surface area contributed by atoms with Gasteiger partial charge < -0.3 is 10.6 Å². The number of benzene rings is 1. The molecule has 2 atom stereocenters. The molecule has 1 aromatic rings. The van der Waals surface area contributed by atoms with Crippen molar-refractivity contribution >= 4 is 5.91 Å². The maximum Gasteiger partial charge on any atom is 0.224 e. The summed E-state index contributed by atoms with van der Waals surface area (Å²) in [6, 6.07) is 11.2. The summed E-state index contributed by atoms with van der Waals surface area (Å²) in [7, 11) is 0. The van der Waals surface area contributed by atoms with E-state index in [4.69, 9.17) is 0 Å². The van der Waals surface area contributed by atoms with Gasteiger partial charge in [0.05, 0.1) is 5.92 Å². The van der Waals surface area contributed by atoms with E-state index in [0.29, 0.717) is 17.9 Å². The normalized spacial score (nSPS) is 32.8. The molecule has 0 bridgehead atoms. The van der Waals surface area contributed by atoms with Gasteiger partial charge in [-0.25, -0.2) is 0 Å². The first-order valence-electron chi connectivity index (χ1n) is 8.30. The molecule has 2 fully saturated rings. The highest BCUT2D eigenvalue weighted by atomic mass is 16.2. The standard InChI is InChI=1S/C18H26N2O/c1-13-11-19-12-17(13)18(21)20-16-9-7-15(8-10-16)14-5-3-2-4-6-14/h2-6,13,15-17,19H,7-12H2,1H3,(H,20,21). The molecular formula is C18H26N2O. The molecule has 1 amide bonds.